The van der Waals surface area contributed by atoms with E-state index in [4.69, 9.17) is 4.74 Å². The number of hydrogen-bond acceptors (Lipinski definition) is 5. The Hall–Kier alpha value is -0.680. The molecule has 1 unspecified atom stereocenters. The van der Waals surface area contributed by atoms with E-state index in [0.29, 0.717) is 6.10 Å². The predicted octanol–water partition coefficient (Wildman–Crippen LogP) is 1.13. The molecule has 4 nitrogen and oxygen atoms in total. The second-order valence-corrected chi connectivity index (χ2v) is 3.54. The number of hydrogen-bond donors (Lipinski definition) is 1. The summed E-state index contributed by atoms with van der Waals surface area (Å²) >= 11 is 1.38. The lowest BCUT2D eigenvalue weighted by atomic mass is 10.2. The maximum absolute atomic E-state index is 5.45. The van der Waals surface area contributed by atoms with Crippen molar-refractivity contribution in [3.8, 4) is 0 Å². The highest BCUT2D eigenvalue weighted by Crippen LogP contribution is 2.13. The standard InChI is InChI=1S/C7H11N3OS/c1-2-6(11-3-1)4-8-7-9-5-10-12-7/h5-6H,1-4H2,(H,8,9,10). The Bertz CT molecular complexity index is 221. The summed E-state index contributed by atoms with van der Waals surface area (Å²) in [5.41, 5.74) is 0. The molecule has 0 aliphatic carbocycles. The van der Waals surface area contributed by atoms with E-state index in [9.17, 15) is 0 Å². The van der Waals surface area contributed by atoms with Crippen LogP contribution < -0.4 is 5.32 Å². The summed E-state index contributed by atoms with van der Waals surface area (Å²) in [7, 11) is 0. The molecule has 5 heteroatoms. The molecule has 0 amide bonds. The van der Waals surface area contributed by atoms with E-state index in [2.05, 4.69) is 14.7 Å². The van der Waals surface area contributed by atoms with Crippen LogP contribution in [0.5, 0.6) is 0 Å². The van der Waals surface area contributed by atoms with E-state index in [0.717, 1.165) is 24.7 Å². The summed E-state index contributed by atoms with van der Waals surface area (Å²) in [6.45, 7) is 1.76. The molecule has 2 rings (SSSR count). The molecule has 66 valence electrons. The first kappa shape index (κ1) is 7.94. The zero-order valence-corrected chi connectivity index (χ0v) is 7.51. The van der Waals surface area contributed by atoms with Crippen LogP contribution in [-0.2, 0) is 4.74 Å². The van der Waals surface area contributed by atoms with E-state index < -0.39 is 0 Å². The molecule has 0 aromatic carbocycles. The van der Waals surface area contributed by atoms with Gasteiger partial charge in [0.05, 0.1) is 6.10 Å². The molecule has 12 heavy (non-hydrogen) atoms. The maximum Gasteiger partial charge on any atom is 0.202 e. The first-order chi connectivity index (χ1) is 5.95. The number of rotatable bonds is 3. The molecular formula is C7H11N3OS. The minimum atomic E-state index is 0.369. The summed E-state index contributed by atoms with van der Waals surface area (Å²) in [5, 5.41) is 4.07. The van der Waals surface area contributed by atoms with Crippen LogP contribution in [0.25, 0.3) is 0 Å². The number of nitrogens with one attached hydrogen (secondary N) is 1. The van der Waals surface area contributed by atoms with Gasteiger partial charge in [0.25, 0.3) is 0 Å². The molecular weight excluding hydrogens is 174 g/mol. The second-order valence-electron chi connectivity index (χ2n) is 2.76. The van der Waals surface area contributed by atoms with Crippen LogP contribution in [0, 0.1) is 0 Å². The molecule has 1 aliphatic rings. The highest BCUT2D eigenvalue weighted by molar-refractivity contribution is 7.09. The van der Waals surface area contributed by atoms with Crippen LogP contribution in [-0.4, -0.2) is 28.6 Å². The smallest absolute Gasteiger partial charge is 0.202 e. The van der Waals surface area contributed by atoms with Crippen LogP contribution in [0.15, 0.2) is 6.33 Å². The van der Waals surface area contributed by atoms with Gasteiger partial charge >= 0.3 is 0 Å². The lowest BCUT2D eigenvalue weighted by molar-refractivity contribution is 0.120. The third-order valence-electron chi connectivity index (χ3n) is 1.87. The molecule has 1 aromatic heterocycles. The fourth-order valence-electron chi connectivity index (χ4n) is 1.26. The number of nitrogens with zero attached hydrogens (tertiary/aromatic N) is 2. The average Bonchev–Trinajstić information content (AvgIpc) is 2.74. The quantitative estimate of drug-likeness (QED) is 0.766. The molecule has 1 atom stereocenters. The molecule has 1 aromatic rings. The van der Waals surface area contributed by atoms with Crippen LogP contribution >= 0.6 is 11.5 Å². The molecule has 0 radical (unpaired) electrons. The number of ether oxygens (including phenoxy) is 1. The Labute approximate surface area is 75.1 Å². The lowest BCUT2D eigenvalue weighted by Gasteiger charge is -2.08. The van der Waals surface area contributed by atoms with Gasteiger partial charge in [-0.25, -0.2) is 4.98 Å². The van der Waals surface area contributed by atoms with Crippen molar-refractivity contribution in [3.63, 3.8) is 0 Å². The van der Waals surface area contributed by atoms with Crippen molar-refractivity contribution in [2.24, 2.45) is 0 Å². The van der Waals surface area contributed by atoms with Crippen molar-refractivity contribution in [1.29, 1.82) is 0 Å². The summed E-state index contributed by atoms with van der Waals surface area (Å²) in [6.07, 6.45) is 4.27. The topological polar surface area (TPSA) is 47.0 Å². The van der Waals surface area contributed by atoms with E-state index in [1.165, 1.54) is 18.0 Å². The summed E-state index contributed by atoms with van der Waals surface area (Å²) in [6, 6.07) is 0. The van der Waals surface area contributed by atoms with Gasteiger partial charge in [0.15, 0.2) is 0 Å². The van der Waals surface area contributed by atoms with Crippen LogP contribution in [0.3, 0.4) is 0 Å². The zero-order valence-electron chi connectivity index (χ0n) is 6.69. The third kappa shape index (κ3) is 1.92. The monoisotopic (exact) mass is 185 g/mol. The van der Waals surface area contributed by atoms with E-state index >= 15 is 0 Å². The van der Waals surface area contributed by atoms with Gasteiger partial charge in [-0.05, 0) is 12.8 Å². The van der Waals surface area contributed by atoms with Gasteiger partial charge in [-0.15, -0.1) is 0 Å². The predicted molar refractivity (Wildman–Crippen MR) is 47.4 cm³/mol. The normalized spacial score (nSPS) is 22.8. The van der Waals surface area contributed by atoms with E-state index in [1.807, 2.05) is 0 Å². The highest BCUT2D eigenvalue weighted by Gasteiger charge is 2.14. The van der Waals surface area contributed by atoms with Gasteiger partial charge in [-0.1, -0.05) is 0 Å². The first-order valence-electron chi connectivity index (χ1n) is 4.07. The van der Waals surface area contributed by atoms with Crippen LogP contribution in [0.4, 0.5) is 5.13 Å². The number of anilines is 1. The molecule has 1 fully saturated rings. The molecule has 0 saturated carbocycles. The molecule has 0 spiro atoms. The lowest BCUT2D eigenvalue weighted by Crippen LogP contribution is -2.18. The summed E-state index contributed by atoms with van der Waals surface area (Å²) < 4.78 is 9.34. The largest absolute Gasteiger partial charge is 0.376 e. The number of aromatic nitrogens is 2. The fourth-order valence-corrected chi connectivity index (χ4v) is 1.69. The third-order valence-corrected chi connectivity index (χ3v) is 2.49. The van der Waals surface area contributed by atoms with Gasteiger partial charge in [0.1, 0.15) is 6.33 Å². The van der Waals surface area contributed by atoms with Crippen molar-refractivity contribution in [3.05, 3.63) is 6.33 Å². The fraction of sp³-hybridized carbons (Fsp3) is 0.714. The van der Waals surface area contributed by atoms with Gasteiger partial charge < -0.3 is 10.1 Å². The Kier molecular flexibility index (Phi) is 2.53. The molecule has 1 N–H and O–H groups in total. The minimum absolute atomic E-state index is 0.369. The highest BCUT2D eigenvalue weighted by atomic mass is 32.1. The Balaban J connectivity index is 1.74. The van der Waals surface area contributed by atoms with Gasteiger partial charge in [0.2, 0.25) is 5.13 Å². The van der Waals surface area contributed by atoms with Gasteiger partial charge in [-0.3, -0.25) is 0 Å². The molecule has 1 aliphatic heterocycles. The molecule has 0 bridgehead atoms. The zero-order chi connectivity index (χ0) is 8.23. The van der Waals surface area contributed by atoms with Crippen molar-refractivity contribution < 1.29 is 4.74 Å². The molecule has 2 heterocycles. The van der Waals surface area contributed by atoms with Crippen molar-refractivity contribution in [1.82, 2.24) is 9.36 Å². The van der Waals surface area contributed by atoms with Crippen molar-refractivity contribution in [2.75, 3.05) is 18.5 Å². The first-order valence-corrected chi connectivity index (χ1v) is 4.84. The minimum Gasteiger partial charge on any atom is -0.376 e. The van der Waals surface area contributed by atoms with Crippen LogP contribution in [0.1, 0.15) is 12.8 Å². The molecule has 1 saturated heterocycles. The van der Waals surface area contributed by atoms with Crippen molar-refractivity contribution >= 4 is 16.7 Å². The Morgan fingerprint density at radius 1 is 1.75 bits per heavy atom. The van der Waals surface area contributed by atoms with Gasteiger partial charge in [-0.2, -0.15) is 4.37 Å². The Morgan fingerprint density at radius 2 is 2.75 bits per heavy atom. The van der Waals surface area contributed by atoms with Crippen LogP contribution in [0.2, 0.25) is 0 Å². The van der Waals surface area contributed by atoms with Crippen molar-refractivity contribution in [2.45, 2.75) is 18.9 Å². The van der Waals surface area contributed by atoms with E-state index in [-0.39, 0.29) is 0 Å². The Morgan fingerprint density at radius 3 is 3.42 bits per heavy atom. The average molecular weight is 185 g/mol. The summed E-state index contributed by atoms with van der Waals surface area (Å²) in [4.78, 5) is 4.02. The van der Waals surface area contributed by atoms with Gasteiger partial charge in [0, 0.05) is 24.7 Å². The maximum atomic E-state index is 5.45. The van der Waals surface area contributed by atoms with E-state index in [1.54, 1.807) is 6.33 Å². The summed E-state index contributed by atoms with van der Waals surface area (Å²) in [5.74, 6) is 0. The SMILES string of the molecule is c1nsc(NCC2CCCO2)n1. The second kappa shape index (κ2) is 3.82.